The number of ether oxygens (including phenoxy) is 2. The molecule has 0 spiro atoms. The fourth-order valence-corrected chi connectivity index (χ4v) is 3.21. The minimum absolute atomic E-state index is 0.128. The number of amides is 2. The molecular formula is C20H24N4O7. The highest BCUT2D eigenvalue weighted by Crippen LogP contribution is 2.18. The molecule has 0 aliphatic carbocycles. The summed E-state index contributed by atoms with van der Waals surface area (Å²) in [7, 11) is 0. The molecule has 1 unspecified atom stereocenters. The van der Waals surface area contributed by atoms with Crippen LogP contribution < -0.4 is 16.4 Å². The van der Waals surface area contributed by atoms with E-state index < -0.39 is 42.1 Å². The van der Waals surface area contributed by atoms with Gasteiger partial charge < -0.3 is 35.9 Å². The van der Waals surface area contributed by atoms with Gasteiger partial charge in [0.15, 0.2) is 6.10 Å². The highest BCUT2D eigenvalue weighted by molar-refractivity contribution is 5.89. The largest absolute Gasteiger partial charge is 0.480 e. The van der Waals surface area contributed by atoms with Gasteiger partial charge in [-0.1, -0.05) is 18.2 Å². The molecule has 166 valence electrons. The summed E-state index contributed by atoms with van der Waals surface area (Å²) in [6, 6.07) is 5.31. The summed E-state index contributed by atoms with van der Waals surface area (Å²) in [5.41, 5.74) is 7.73. The predicted molar refractivity (Wildman–Crippen MR) is 108 cm³/mol. The van der Waals surface area contributed by atoms with Gasteiger partial charge in [0.2, 0.25) is 5.91 Å². The van der Waals surface area contributed by atoms with Crippen molar-refractivity contribution < 1.29 is 33.8 Å². The van der Waals surface area contributed by atoms with Gasteiger partial charge in [0.25, 0.3) is 0 Å². The number of aromatic amines is 1. The average molecular weight is 432 g/mol. The molecular weight excluding hydrogens is 408 g/mol. The zero-order chi connectivity index (χ0) is 22.4. The number of hydrogen-bond donors (Lipinski definition) is 5. The molecule has 6 N–H and O–H groups in total. The number of H-pyrrole nitrogens is 1. The Kier molecular flexibility index (Phi) is 7.08. The topological polar surface area (TPSA) is 173 Å². The van der Waals surface area contributed by atoms with Crippen molar-refractivity contribution in [2.75, 3.05) is 13.2 Å². The molecule has 0 bridgehead atoms. The normalized spacial score (nSPS) is 17.5. The van der Waals surface area contributed by atoms with Crippen molar-refractivity contribution in [1.82, 2.24) is 15.6 Å². The van der Waals surface area contributed by atoms with Crippen molar-refractivity contribution in [2.45, 2.75) is 37.5 Å². The number of nitrogens with two attached hydrogens (primary N) is 1. The maximum Gasteiger partial charge on any atom is 0.407 e. The molecule has 2 heterocycles. The van der Waals surface area contributed by atoms with Crippen LogP contribution >= 0.6 is 0 Å². The molecule has 11 nitrogen and oxygen atoms in total. The number of esters is 1. The molecule has 1 saturated heterocycles. The lowest BCUT2D eigenvalue weighted by atomic mass is 10.0. The second-order valence-electron chi connectivity index (χ2n) is 7.20. The number of hydrogen-bond acceptors (Lipinski definition) is 7. The van der Waals surface area contributed by atoms with Crippen LogP contribution in [0, 0.1) is 0 Å². The van der Waals surface area contributed by atoms with Crippen molar-refractivity contribution in [3.63, 3.8) is 0 Å². The molecule has 2 amide bonds. The first-order valence-electron chi connectivity index (χ1n) is 9.77. The van der Waals surface area contributed by atoms with Gasteiger partial charge in [0.05, 0.1) is 12.6 Å². The summed E-state index contributed by atoms with van der Waals surface area (Å²) < 4.78 is 9.81. The van der Waals surface area contributed by atoms with E-state index in [1.807, 2.05) is 24.3 Å². The number of carbonyl (C=O) groups is 4. The van der Waals surface area contributed by atoms with E-state index in [2.05, 4.69) is 15.6 Å². The van der Waals surface area contributed by atoms with E-state index in [0.29, 0.717) is 0 Å². The van der Waals surface area contributed by atoms with E-state index in [9.17, 15) is 24.3 Å². The number of rotatable bonds is 10. The number of cyclic esters (lactones) is 1. The van der Waals surface area contributed by atoms with Gasteiger partial charge in [-0.15, -0.1) is 0 Å². The summed E-state index contributed by atoms with van der Waals surface area (Å²) in [5, 5.41) is 15.1. The van der Waals surface area contributed by atoms with Gasteiger partial charge >= 0.3 is 18.0 Å². The van der Waals surface area contributed by atoms with Gasteiger partial charge in [0, 0.05) is 23.5 Å². The van der Waals surface area contributed by atoms with Crippen molar-refractivity contribution in [3.05, 3.63) is 36.0 Å². The van der Waals surface area contributed by atoms with Crippen LogP contribution in [0.25, 0.3) is 10.9 Å². The van der Waals surface area contributed by atoms with E-state index in [1.165, 1.54) is 0 Å². The van der Waals surface area contributed by atoms with Gasteiger partial charge in [-0.05, 0) is 24.5 Å². The number of alkyl carbamates (subject to hydrolysis) is 1. The molecule has 1 aliphatic rings. The third-order valence-electron chi connectivity index (χ3n) is 4.88. The summed E-state index contributed by atoms with van der Waals surface area (Å²) in [6.45, 7) is 0.103. The minimum Gasteiger partial charge on any atom is -0.480 e. The smallest absolute Gasteiger partial charge is 0.407 e. The Hall–Kier alpha value is -3.60. The van der Waals surface area contributed by atoms with E-state index in [4.69, 9.17) is 15.2 Å². The molecule has 0 radical (unpaired) electrons. The Labute approximate surface area is 177 Å². The van der Waals surface area contributed by atoms with E-state index in [1.54, 1.807) is 6.20 Å². The number of aromatic nitrogens is 1. The SMILES string of the molecule is N[C@@H](Cc1c[nH]c2ccccc12)C(=O)NC(CCC(=O)OC[C@@H]1CNC(=O)O1)C(=O)O. The zero-order valence-electron chi connectivity index (χ0n) is 16.6. The minimum atomic E-state index is -1.29. The second-order valence-corrected chi connectivity index (χ2v) is 7.20. The van der Waals surface area contributed by atoms with Crippen molar-refractivity contribution in [3.8, 4) is 0 Å². The van der Waals surface area contributed by atoms with Gasteiger partial charge in [-0.25, -0.2) is 9.59 Å². The number of nitrogens with one attached hydrogen (secondary N) is 3. The highest BCUT2D eigenvalue weighted by atomic mass is 16.6. The lowest BCUT2D eigenvalue weighted by Gasteiger charge is -2.17. The van der Waals surface area contributed by atoms with Crippen LogP contribution in [0.4, 0.5) is 4.79 Å². The number of carboxylic acids is 1. The first-order chi connectivity index (χ1) is 14.8. The van der Waals surface area contributed by atoms with Crippen LogP contribution in [0.15, 0.2) is 30.5 Å². The average Bonchev–Trinajstić information content (AvgIpc) is 3.35. The summed E-state index contributed by atoms with van der Waals surface area (Å²) in [5.74, 6) is -2.57. The molecule has 11 heteroatoms. The van der Waals surface area contributed by atoms with Crippen LogP contribution in [0.3, 0.4) is 0 Å². The van der Waals surface area contributed by atoms with E-state index in [-0.39, 0.29) is 32.4 Å². The Morgan fingerprint density at radius 3 is 2.81 bits per heavy atom. The van der Waals surface area contributed by atoms with Gasteiger partial charge in [0.1, 0.15) is 12.6 Å². The molecule has 1 aromatic heterocycles. The Bertz CT molecular complexity index is 973. The lowest BCUT2D eigenvalue weighted by Crippen LogP contribution is -2.49. The Morgan fingerprint density at radius 2 is 2.10 bits per heavy atom. The second kappa shape index (κ2) is 9.94. The molecule has 1 aromatic carbocycles. The van der Waals surface area contributed by atoms with E-state index in [0.717, 1.165) is 16.5 Å². The first kappa shape index (κ1) is 22.1. The molecule has 1 fully saturated rings. The van der Waals surface area contributed by atoms with Crippen LogP contribution in [0.2, 0.25) is 0 Å². The standard InChI is InChI=1S/C20H24N4O7/c21-14(7-11-8-22-15-4-2-1-3-13(11)15)18(26)24-16(19(27)28)5-6-17(25)30-10-12-9-23-20(29)31-12/h1-4,8,12,14,16,22H,5-7,9-10,21H2,(H,23,29)(H,24,26)(H,27,28)/t12-,14-,16?/m0/s1. The van der Waals surface area contributed by atoms with Crippen LogP contribution in [0.5, 0.6) is 0 Å². The third-order valence-corrected chi connectivity index (χ3v) is 4.88. The summed E-state index contributed by atoms with van der Waals surface area (Å²) in [6.07, 6.45) is 0.427. The van der Waals surface area contributed by atoms with Crippen molar-refractivity contribution in [2.24, 2.45) is 5.73 Å². The zero-order valence-corrected chi connectivity index (χ0v) is 16.6. The van der Waals surface area contributed by atoms with Crippen LogP contribution in [0.1, 0.15) is 18.4 Å². The molecule has 3 rings (SSSR count). The number of aliphatic carboxylic acids is 1. The number of fused-ring (bicyclic) bond motifs is 1. The van der Waals surface area contributed by atoms with Crippen LogP contribution in [-0.2, 0) is 30.3 Å². The number of carbonyl (C=O) groups excluding carboxylic acids is 3. The monoisotopic (exact) mass is 432 g/mol. The lowest BCUT2D eigenvalue weighted by molar-refractivity contribution is -0.147. The first-order valence-corrected chi connectivity index (χ1v) is 9.77. The fraction of sp³-hybridized carbons (Fsp3) is 0.400. The maximum atomic E-state index is 12.4. The van der Waals surface area contributed by atoms with Gasteiger partial charge in [-0.2, -0.15) is 0 Å². The van der Waals surface area contributed by atoms with Crippen LogP contribution in [-0.4, -0.2) is 65.4 Å². The van der Waals surface area contributed by atoms with E-state index >= 15 is 0 Å². The molecule has 31 heavy (non-hydrogen) atoms. The number of carboxylic acid groups (broad SMARTS) is 1. The van der Waals surface area contributed by atoms with Crippen molar-refractivity contribution >= 4 is 34.8 Å². The Morgan fingerprint density at radius 1 is 1.32 bits per heavy atom. The summed E-state index contributed by atoms with van der Waals surface area (Å²) in [4.78, 5) is 49.8. The highest BCUT2D eigenvalue weighted by Gasteiger charge is 2.26. The number of para-hydroxylation sites is 1. The quantitative estimate of drug-likeness (QED) is 0.327. The fourth-order valence-electron chi connectivity index (χ4n) is 3.21. The summed E-state index contributed by atoms with van der Waals surface area (Å²) >= 11 is 0. The maximum absolute atomic E-state index is 12.4. The Balaban J connectivity index is 1.47. The molecule has 3 atom stereocenters. The number of benzene rings is 1. The van der Waals surface area contributed by atoms with Gasteiger partial charge in [-0.3, -0.25) is 9.59 Å². The third kappa shape index (κ3) is 5.95. The molecule has 1 aliphatic heterocycles. The molecule has 0 saturated carbocycles. The predicted octanol–water partition coefficient (Wildman–Crippen LogP) is 0.0389. The molecule has 2 aromatic rings. The van der Waals surface area contributed by atoms with Crippen molar-refractivity contribution in [1.29, 1.82) is 0 Å².